The molecule has 4 N–H and O–H groups in total. The summed E-state index contributed by atoms with van der Waals surface area (Å²) in [7, 11) is 1.70. The summed E-state index contributed by atoms with van der Waals surface area (Å²) in [6.45, 7) is -1.05. The molecule has 0 saturated heterocycles. The third kappa shape index (κ3) is 6.27. The van der Waals surface area contributed by atoms with Gasteiger partial charge in [-0.25, -0.2) is 41.8 Å². The predicted molar refractivity (Wildman–Crippen MR) is 167 cm³/mol. The lowest BCUT2D eigenvalue weighted by Crippen LogP contribution is -2.43. The van der Waals surface area contributed by atoms with Crippen LogP contribution in [0.1, 0.15) is 32.9 Å². The molecule has 0 saturated carbocycles. The SMILES string of the molecule is Cn1cc2c(CN)c(Nc3nc(=O)n(Cc4ncn(Cc5cccc(C(=O)O)c5)n4)c(=O)n3Cc3cc(F)c(F)cc3F)c(Cl)cc2n1. The maximum atomic E-state index is 14.8. The van der Waals surface area contributed by atoms with E-state index in [0.717, 1.165) is 4.57 Å². The summed E-state index contributed by atoms with van der Waals surface area (Å²) in [5, 5.41) is 21.5. The third-order valence-corrected chi connectivity index (χ3v) is 7.70. The molecule has 0 fully saturated rings. The Morgan fingerprint density at radius 2 is 1.77 bits per heavy atom. The Morgan fingerprint density at radius 3 is 2.52 bits per heavy atom. The molecule has 3 aromatic carbocycles. The minimum atomic E-state index is -1.43. The summed E-state index contributed by atoms with van der Waals surface area (Å²) >= 11 is 6.56. The van der Waals surface area contributed by atoms with Crippen LogP contribution in [-0.4, -0.2) is 49.7 Å². The van der Waals surface area contributed by atoms with Crippen molar-refractivity contribution in [2.75, 3.05) is 5.32 Å². The zero-order valence-corrected chi connectivity index (χ0v) is 25.6. The van der Waals surface area contributed by atoms with E-state index in [9.17, 15) is 32.7 Å². The Labute approximate surface area is 272 Å². The fourth-order valence-corrected chi connectivity index (χ4v) is 5.41. The van der Waals surface area contributed by atoms with Gasteiger partial charge in [0.25, 0.3) is 0 Å². The van der Waals surface area contributed by atoms with Crippen molar-refractivity contribution >= 4 is 40.1 Å². The number of anilines is 2. The molecule has 14 nitrogen and oxygen atoms in total. The van der Waals surface area contributed by atoms with Gasteiger partial charge in [-0.1, -0.05) is 23.7 Å². The lowest BCUT2D eigenvalue weighted by atomic mass is 10.1. The monoisotopic (exact) mass is 680 g/mol. The van der Waals surface area contributed by atoms with Gasteiger partial charge in [0.2, 0.25) is 5.95 Å². The molecular weight excluding hydrogens is 657 g/mol. The summed E-state index contributed by atoms with van der Waals surface area (Å²) in [5.74, 6) is -5.39. The molecule has 18 heteroatoms. The number of benzene rings is 3. The first kappa shape index (κ1) is 32.1. The number of hydrogen-bond acceptors (Lipinski definition) is 9. The van der Waals surface area contributed by atoms with Crippen LogP contribution in [0.15, 0.2) is 64.6 Å². The van der Waals surface area contributed by atoms with Crippen LogP contribution in [0.4, 0.5) is 24.8 Å². The van der Waals surface area contributed by atoms with Crippen molar-refractivity contribution in [3.05, 3.63) is 127 Å². The lowest BCUT2D eigenvalue weighted by molar-refractivity contribution is 0.0696. The first-order valence-electron chi connectivity index (χ1n) is 14.1. The number of carboxylic acids is 1. The van der Waals surface area contributed by atoms with Crippen molar-refractivity contribution in [3.8, 4) is 0 Å². The highest BCUT2D eigenvalue weighted by atomic mass is 35.5. The molecule has 0 radical (unpaired) electrons. The molecule has 0 unspecified atom stereocenters. The van der Waals surface area contributed by atoms with Crippen molar-refractivity contribution in [3.63, 3.8) is 0 Å². The number of nitrogens with one attached hydrogen (secondary N) is 1. The second kappa shape index (κ2) is 12.8. The molecule has 6 aromatic rings. The zero-order valence-electron chi connectivity index (χ0n) is 24.9. The van der Waals surface area contributed by atoms with E-state index in [1.165, 1.54) is 29.2 Å². The predicted octanol–water partition coefficient (Wildman–Crippen LogP) is 3.00. The van der Waals surface area contributed by atoms with Crippen LogP contribution in [-0.2, 0) is 33.2 Å². The van der Waals surface area contributed by atoms with Gasteiger partial charge in [-0.3, -0.25) is 9.25 Å². The maximum absolute atomic E-state index is 14.8. The third-order valence-electron chi connectivity index (χ3n) is 7.40. The molecule has 0 atom stereocenters. The summed E-state index contributed by atoms with van der Waals surface area (Å²) < 4.78 is 47.2. The van der Waals surface area contributed by atoms with E-state index in [2.05, 4.69) is 25.5 Å². The van der Waals surface area contributed by atoms with Crippen molar-refractivity contribution in [2.45, 2.75) is 26.2 Å². The number of halogens is 4. The van der Waals surface area contributed by atoms with Crippen LogP contribution in [0.2, 0.25) is 5.02 Å². The topological polar surface area (TPSA) is 181 Å². The molecule has 0 aliphatic carbocycles. The molecule has 48 heavy (non-hydrogen) atoms. The van der Waals surface area contributed by atoms with E-state index in [1.807, 2.05) is 0 Å². The summed E-state index contributed by atoms with van der Waals surface area (Å²) in [6, 6.07) is 8.65. The number of aromatic nitrogens is 8. The lowest BCUT2D eigenvalue weighted by Gasteiger charge is -2.18. The van der Waals surface area contributed by atoms with Crippen molar-refractivity contribution < 1.29 is 23.1 Å². The van der Waals surface area contributed by atoms with E-state index in [4.69, 9.17) is 17.3 Å². The van der Waals surface area contributed by atoms with Crippen LogP contribution in [0.3, 0.4) is 0 Å². The average Bonchev–Trinajstić information content (AvgIpc) is 3.64. The zero-order chi connectivity index (χ0) is 34.3. The average molecular weight is 681 g/mol. The largest absolute Gasteiger partial charge is 0.478 e. The number of nitrogens with two attached hydrogens (primary N) is 1. The summed E-state index contributed by atoms with van der Waals surface area (Å²) in [4.78, 5) is 46.7. The highest BCUT2D eigenvalue weighted by molar-refractivity contribution is 6.34. The van der Waals surface area contributed by atoms with E-state index in [-0.39, 0.29) is 41.1 Å². The van der Waals surface area contributed by atoms with Gasteiger partial charge < -0.3 is 16.2 Å². The van der Waals surface area contributed by atoms with Crippen LogP contribution in [0.25, 0.3) is 10.9 Å². The Bertz CT molecular complexity index is 2350. The number of aryl methyl sites for hydroxylation is 1. The van der Waals surface area contributed by atoms with Gasteiger partial charge >= 0.3 is 17.3 Å². The first-order valence-corrected chi connectivity index (χ1v) is 14.5. The molecule has 0 bridgehead atoms. The molecule has 3 aromatic heterocycles. The molecule has 0 aliphatic rings. The Balaban J connectivity index is 1.41. The Morgan fingerprint density at radius 1 is 1.00 bits per heavy atom. The Hall–Kier alpha value is -5.81. The fraction of sp³-hybridized carbons (Fsp3) is 0.167. The minimum absolute atomic E-state index is 0.0205. The maximum Gasteiger partial charge on any atom is 0.355 e. The van der Waals surface area contributed by atoms with Crippen LogP contribution >= 0.6 is 11.6 Å². The van der Waals surface area contributed by atoms with Gasteiger partial charge in [-0.2, -0.15) is 15.2 Å². The fourth-order valence-electron chi connectivity index (χ4n) is 5.15. The number of hydrogen-bond donors (Lipinski definition) is 3. The summed E-state index contributed by atoms with van der Waals surface area (Å²) in [5.41, 5.74) is 5.45. The molecular formula is C30H24ClF3N10O4. The molecule has 6 rings (SSSR count). The number of aromatic carboxylic acids is 1. The van der Waals surface area contributed by atoms with Gasteiger partial charge in [0, 0.05) is 42.4 Å². The van der Waals surface area contributed by atoms with Crippen molar-refractivity contribution in [1.29, 1.82) is 0 Å². The van der Waals surface area contributed by atoms with Gasteiger partial charge in [-0.15, -0.1) is 0 Å². The molecule has 0 spiro atoms. The van der Waals surface area contributed by atoms with Crippen molar-refractivity contribution in [2.24, 2.45) is 12.8 Å². The van der Waals surface area contributed by atoms with Gasteiger partial charge in [0.1, 0.15) is 12.1 Å². The van der Waals surface area contributed by atoms with Crippen LogP contribution < -0.4 is 22.4 Å². The number of carbonyl (C=O) groups is 1. The smallest absolute Gasteiger partial charge is 0.355 e. The highest BCUT2D eigenvalue weighted by Crippen LogP contribution is 2.34. The summed E-state index contributed by atoms with van der Waals surface area (Å²) in [6.07, 6.45) is 3.03. The number of rotatable bonds is 10. The van der Waals surface area contributed by atoms with E-state index in [1.54, 1.807) is 30.1 Å². The molecule has 3 heterocycles. The van der Waals surface area contributed by atoms with Gasteiger partial charge in [-0.05, 0) is 29.8 Å². The number of fused-ring (bicyclic) bond motifs is 1. The molecule has 0 amide bonds. The number of carboxylic acid groups (broad SMARTS) is 1. The number of nitrogens with zero attached hydrogens (tertiary/aromatic N) is 8. The second-order valence-corrected chi connectivity index (χ2v) is 11.1. The molecule has 246 valence electrons. The first-order chi connectivity index (χ1) is 22.9. The van der Waals surface area contributed by atoms with Crippen LogP contribution in [0, 0.1) is 17.5 Å². The normalized spacial score (nSPS) is 11.4. The highest BCUT2D eigenvalue weighted by Gasteiger charge is 2.21. The standard InChI is InChI=1S/C30H24ClF3N10O4/c1-41-12-19-18(9-35)26(20(31)7-24(19)39-41)37-28-38-29(47)44(30(48)43(28)11-17-6-22(33)23(34)8-21(17)32)13-25-36-14-42(40-25)10-15-3-2-4-16(5-15)27(45)46/h2-8,12,14H,9-11,13,35H2,1H3,(H,45,46)(H,37,38,47). The van der Waals surface area contributed by atoms with Crippen molar-refractivity contribution in [1.82, 2.24) is 38.7 Å². The molecule has 0 aliphatic heterocycles. The van der Waals surface area contributed by atoms with Gasteiger partial charge in [0.15, 0.2) is 17.5 Å². The van der Waals surface area contributed by atoms with E-state index >= 15 is 0 Å². The van der Waals surface area contributed by atoms with Gasteiger partial charge in [0.05, 0.1) is 41.4 Å². The quantitative estimate of drug-likeness (QED) is 0.182. The Kier molecular flexibility index (Phi) is 8.55. The van der Waals surface area contributed by atoms with Crippen LogP contribution in [0.5, 0.6) is 0 Å². The van der Waals surface area contributed by atoms with E-state index < -0.39 is 53.5 Å². The minimum Gasteiger partial charge on any atom is -0.478 e. The second-order valence-electron chi connectivity index (χ2n) is 10.7. The van der Waals surface area contributed by atoms with E-state index in [0.29, 0.717) is 38.7 Å².